The molecule has 146 valence electrons. The summed E-state index contributed by atoms with van der Waals surface area (Å²) in [5.74, 6) is 1.42. The van der Waals surface area contributed by atoms with Crippen LogP contribution in [-0.2, 0) is 10.2 Å². The van der Waals surface area contributed by atoms with E-state index in [4.69, 9.17) is 4.52 Å². The smallest absolute Gasteiger partial charge is 0.281 e. The van der Waals surface area contributed by atoms with Crippen LogP contribution in [0.3, 0.4) is 0 Å². The summed E-state index contributed by atoms with van der Waals surface area (Å²) in [5, 5.41) is 4.21. The largest absolute Gasteiger partial charge is 0.339 e. The van der Waals surface area contributed by atoms with Crippen LogP contribution in [0.15, 0.2) is 29.0 Å². The van der Waals surface area contributed by atoms with Gasteiger partial charge in [0.15, 0.2) is 5.82 Å². The summed E-state index contributed by atoms with van der Waals surface area (Å²) in [4.78, 5) is 8.88. The number of pyridine rings is 1. The molecule has 0 amide bonds. The molecule has 0 aromatic carbocycles. The molecule has 2 atom stereocenters. The van der Waals surface area contributed by atoms with Crippen LogP contribution in [0.2, 0.25) is 0 Å². The average Bonchev–Trinajstić information content (AvgIpc) is 3.40. The lowest BCUT2D eigenvalue weighted by Crippen LogP contribution is -2.38. The van der Waals surface area contributed by atoms with Crippen LogP contribution in [0.4, 0.5) is 0 Å². The molecule has 2 fully saturated rings. The third kappa shape index (κ3) is 3.51. The van der Waals surface area contributed by atoms with Crippen molar-refractivity contribution in [1.29, 1.82) is 0 Å². The van der Waals surface area contributed by atoms with E-state index in [0.29, 0.717) is 24.9 Å². The van der Waals surface area contributed by atoms with Gasteiger partial charge in [0.25, 0.3) is 10.2 Å². The Morgan fingerprint density at radius 3 is 2.59 bits per heavy atom. The summed E-state index contributed by atoms with van der Waals surface area (Å²) in [6.07, 6.45) is 8.09. The third-order valence-electron chi connectivity index (χ3n) is 5.68. The lowest BCUT2D eigenvalue weighted by molar-refractivity contribution is 0.341. The number of rotatable bonds is 5. The van der Waals surface area contributed by atoms with Crippen LogP contribution in [0.25, 0.3) is 0 Å². The van der Waals surface area contributed by atoms with E-state index in [-0.39, 0.29) is 11.8 Å². The first-order valence-corrected chi connectivity index (χ1v) is 10.8. The molecule has 1 aliphatic heterocycles. The highest BCUT2D eigenvalue weighted by Gasteiger charge is 2.44. The molecule has 8 nitrogen and oxygen atoms in total. The maximum absolute atomic E-state index is 12.7. The highest BCUT2D eigenvalue weighted by atomic mass is 32.2. The highest BCUT2D eigenvalue weighted by Crippen LogP contribution is 2.41. The molecular weight excluding hydrogens is 366 g/mol. The molecule has 2 aromatic rings. The first-order valence-electron chi connectivity index (χ1n) is 9.38. The van der Waals surface area contributed by atoms with Gasteiger partial charge in [-0.2, -0.15) is 22.0 Å². The summed E-state index contributed by atoms with van der Waals surface area (Å²) in [6.45, 7) is 0.699. The van der Waals surface area contributed by atoms with Gasteiger partial charge in [-0.1, -0.05) is 24.1 Å². The fourth-order valence-corrected chi connectivity index (χ4v) is 5.28. The highest BCUT2D eigenvalue weighted by molar-refractivity contribution is 7.86. The van der Waals surface area contributed by atoms with Crippen LogP contribution < -0.4 is 0 Å². The first kappa shape index (κ1) is 18.5. The van der Waals surface area contributed by atoms with E-state index >= 15 is 0 Å². The minimum absolute atomic E-state index is 0.0645. The maximum Gasteiger partial charge on any atom is 0.281 e. The number of hydrogen-bond acceptors (Lipinski definition) is 6. The predicted octanol–water partition coefficient (Wildman–Crippen LogP) is 2.11. The van der Waals surface area contributed by atoms with Crippen molar-refractivity contribution in [1.82, 2.24) is 23.7 Å². The van der Waals surface area contributed by atoms with Crippen molar-refractivity contribution in [3.63, 3.8) is 0 Å². The standard InChI is InChI=1S/C18H25N5O3S/c1-22(2)27(24,25)23-11-15(14-8-5-9-19-10-14)16(12-23)18-20-17(21-26-18)13-6-3-4-7-13/h5,8-10,13,15-16H,3-4,6-7,11-12H2,1-2H3/t15-,16+/m0/s1. The van der Waals surface area contributed by atoms with Gasteiger partial charge in [0.1, 0.15) is 0 Å². The van der Waals surface area contributed by atoms with Crippen LogP contribution in [0.1, 0.15) is 60.7 Å². The van der Waals surface area contributed by atoms with Crippen LogP contribution >= 0.6 is 0 Å². The maximum atomic E-state index is 12.7. The minimum Gasteiger partial charge on any atom is -0.339 e. The van der Waals surface area contributed by atoms with Gasteiger partial charge >= 0.3 is 0 Å². The van der Waals surface area contributed by atoms with Gasteiger partial charge in [-0.15, -0.1) is 0 Å². The van der Waals surface area contributed by atoms with E-state index in [0.717, 1.165) is 24.2 Å². The Morgan fingerprint density at radius 2 is 1.93 bits per heavy atom. The summed E-state index contributed by atoms with van der Waals surface area (Å²) in [7, 11) is -0.414. The van der Waals surface area contributed by atoms with Crippen LogP contribution in [0, 0.1) is 0 Å². The van der Waals surface area contributed by atoms with Crippen molar-refractivity contribution >= 4 is 10.2 Å². The fourth-order valence-electron chi connectivity index (χ4n) is 4.12. The quantitative estimate of drug-likeness (QED) is 0.775. The molecule has 2 aliphatic rings. The molecule has 4 rings (SSSR count). The summed E-state index contributed by atoms with van der Waals surface area (Å²) >= 11 is 0. The normalized spacial score (nSPS) is 24.9. The van der Waals surface area contributed by atoms with Crippen molar-refractivity contribution in [3.05, 3.63) is 41.8 Å². The van der Waals surface area contributed by atoms with Crippen molar-refractivity contribution in [3.8, 4) is 0 Å². The molecule has 3 heterocycles. The fraction of sp³-hybridized carbons (Fsp3) is 0.611. The zero-order valence-corrected chi connectivity index (χ0v) is 16.5. The van der Waals surface area contributed by atoms with Gasteiger partial charge in [-0.05, 0) is 24.5 Å². The topological polar surface area (TPSA) is 92.4 Å². The average molecular weight is 391 g/mol. The molecule has 0 radical (unpaired) electrons. The minimum atomic E-state index is -3.51. The first-order chi connectivity index (χ1) is 13.0. The summed E-state index contributed by atoms with van der Waals surface area (Å²) in [5.41, 5.74) is 0.986. The zero-order chi connectivity index (χ0) is 19.0. The molecule has 0 spiro atoms. The second-order valence-corrected chi connectivity index (χ2v) is 9.72. The molecule has 9 heteroatoms. The van der Waals surface area contributed by atoms with Gasteiger partial charge < -0.3 is 4.52 Å². The summed E-state index contributed by atoms with van der Waals surface area (Å²) in [6, 6.07) is 3.85. The molecule has 1 aliphatic carbocycles. The third-order valence-corrected chi connectivity index (χ3v) is 7.56. The van der Waals surface area contributed by atoms with Crippen molar-refractivity contribution in [2.24, 2.45) is 0 Å². The number of nitrogens with zero attached hydrogens (tertiary/aromatic N) is 5. The predicted molar refractivity (Wildman–Crippen MR) is 99.4 cm³/mol. The number of aromatic nitrogens is 3. The number of hydrogen-bond donors (Lipinski definition) is 0. The lowest BCUT2D eigenvalue weighted by Gasteiger charge is -2.20. The van der Waals surface area contributed by atoms with E-state index in [2.05, 4.69) is 15.1 Å². The van der Waals surface area contributed by atoms with Gasteiger partial charge in [0.2, 0.25) is 5.89 Å². The zero-order valence-electron chi connectivity index (χ0n) is 15.7. The van der Waals surface area contributed by atoms with E-state index in [1.54, 1.807) is 26.5 Å². The van der Waals surface area contributed by atoms with Crippen LogP contribution in [-0.4, -0.2) is 59.3 Å². The molecule has 0 unspecified atom stereocenters. The Kier molecular flexibility index (Phi) is 5.00. The molecule has 2 aromatic heterocycles. The van der Waals surface area contributed by atoms with E-state index < -0.39 is 10.2 Å². The molecule has 1 saturated carbocycles. The molecular formula is C18H25N5O3S. The van der Waals surface area contributed by atoms with Crippen molar-refractivity contribution in [2.45, 2.75) is 43.4 Å². The SMILES string of the molecule is CN(C)S(=O)(=O)N1C[C@@H](c2cccnc2)[C@H](c2nc(C3CCCC3)no2)C1. The van der Waals surface area contributed by atoms with Gasteiger partial charge in [-0.3, -0.25) is 4.98 Å². The Balaban J connectivity index is 1.65. The van der Waals surface area contributed by atoms with E-state index in [1.807, 2.05) is 12.1 Å². The van der Waals surface area contributed by atoms with Crippen LogP contribution in [0.5, 0.6) is 0 Å². The lowest BCUT2D eigenvalue weighted by atomic mass is 9.90. The second-order valence-electron chi connectivity index (χ2n) is 7.58. The Labute approximate surface area is 159 Å². The Morgan fingerprint density at radius 1 is 1.19 bits per heavy atom. The van der Waals surface area contributed by atoms with Gasteiger partial charge in [-0.25, -0.2) is 0 Å². The molecule has 0 bridgehead atoms. The van der Waals surface area contributed by atoms with Crippen molar-refractivity contribution in [2.75, 3.05) is 27.2 Å². The Bertz CT molecular complexity index is 877. The van der Waals surface area contributed by atoms with Gasteiger partial charge in [0.05, 0.1) is 5.92 Å². The Hall–Kier alpha value is -1.84. The van der Waals surface area contributed by atoms with E-state index in [1.165, 1.54) is 21.5 Å². The van der Waals surface area contributed by atoms with E-state index in [9.17, 15) is 8.42 Å². The second kappa shape index (κ2) is 7.29. The van der Waals surface area contributed by atoms with Gasteiger partial charge in [0, 0.05) is 51.4 Å². The monoisotopic (exact) mass is 391 g/mol. The van der Waals surface area contributed by atoms with Crippen molar-refractivity contribution < 1.29 is 12.9 Å². The molecule has 1 saturated heterocycles. The molecule has 0 N–H and O–H groups in total. The molecule has 27 heavy (non-hydrogen) atoms. The summed E-state index contributed by atoms with van der Waals surface area (Å²) < 4.78 is 33.7.